The van der Waals surface area contributed by atoms with Gasteiger partial charge in [0.25, 0.3) is 5.91 Å². The van der Waals surface area contributed by atoms with E-state index in [0.717, 1.165) is 10.8 Å². The number of thiophene rings is 1. The summed E-state index contributed by atoms with van der Waals surface area (Å²) in [6, 6.07) is 16.4. The second-order valence-corrected chi connectivity index (χ2v) is 6.25. The summed E-state index contributed by atoms with van der Waals surface area (Å²) in [7, 11) is 0. The Bertz CT molecular complexity index is 918. The number of esters is 1. The van der Waals surface area contributed by atoms with Crippen molar-refractivity contribution in [1.29, 1.82) is 0 Å². The smallest absolute Gasteiger partial charge is 0.325 e. The molecule has 25 heavy (non-hydrogen) atoms. The van der Waals surface area contributed by atoms with Crippen LogP contribution >= 0.6 is 11.3 Å². The SMILES string of the molecule is O=C(CNC(=O)c1ccc2ccccc2c1)OCC(=O)c1cccs1. The van der Waals surface area contributed by atoms with Gasteiger partial charge in [-0.1, -0.05) is 36.4 Å². The zero-order chi connectivity index (χ0) is 17.6. The number of Topliss-reactive ketones (excluding diaryl/α,β-unsaturated/α-hetero) is 1. The Balaban J connectivity index is 1.50. The Morgan fingerprint density at radius 3 is 2.52 bits per heavy atom. The van der Waals surface area contributed by atoms with Crippen molar-refractivity contribution < 1.29 is 19.1 Å². The molecule has 0 saturated heterocycles. The minimum absolute atomic E-state index is 0.260. The molecule has 1 heterocycles. The van der Waals surface area contributed by atoms with Crippen molar-refractivity contribution in [3.05, 3.63) is 70.4 Å². The molecule has 6 heteroatoms. The minimum atomic E-state index is -0.654. The Morgan fingerprint density at radius 2 is 1.76 bits per heavy atom. The number of carbonyl (C=O) groups is 3. The Kier molecular flexibility index (Phi) is 5.20. The van der Waals surface area contributed by atoms with Crippen LogP contribution in [0.15, 0.2) is 60.0 Å². The highest BCUT2D eigenvalue weighted by Crippen LogP contribution is 2.15. The van der Waals surface area contributed by atoms with Crippen LogP contribution in [-0.2, 0) is 9.53 Å². The van der Waals surface area contributed by atoms with Crippen molar-refractivity contribution in [1.82, 2.24) is 5.32 Å². The van der Waals surface area contributed by atoms with Crippen molar-refractivity contribution in [2.75, 3.05) is 13.2 Å². The first-order chi connectivity index (χ1) is 12.1. The average Bonchev–Trinajstić information content (AvgIpc) is 3.18. The highest BCUT2D eigenvalue weighted by Gasteiger charge is 2.12. The van der Waals surface area contributed by atoms with Gasteiger partial charge in [-0.3, -0.25) is 14.4 Å². The van der Waals surface area contributed by atoms with Crippen LogP contribution in [0.1, 0.15) is 20.0 Å². The van der Waals surface area contributed by atoms with Gasteiger partial charge in [0.05, 0.1) is 4.88 Å². The third-order valence-electron chi connectivity index (χ3n) is 3.57. The highest BCUT2D eigenvalue weighted by atomic mass is 32.1. The lowest BCUT2D eigenvalue weighted by atomic mass is 10.1. The molecule has 0 bridgehead atoms. The molecule has 0 fully saturated rings. The van der Waals surface area contributed by atoms with Gasteiger partial charge in [-0.05, 0) is 34.4 Å². The number of ketones is 1. The van der Waals surface area contributed by atoms with Crippen LogP contribution in [0.4, 0.5) is 0 Å². The third-order valence-corrected chi connectivity index (χ3v) is 4.48. The van der Waals surface area contributed by atoms with Crippen molar-refractivity contribution in [3.8, 4) is 0 Å². The summed E-state index contributed by atoms with van der Waals surface area (Å²) in [6.45, 7) is -0.616. The molecule has 2 aromatic carbocycles. The number of nitrogens with one attached hydrogen (secondary N) is 1. The van der Waals surface area contributed by atoms with E-state index in [9.17, 15) is 14.4 Å². The monoisotopic (exact) mass is 353 g/mol. The number of ether oxygens (including phenoxy) is 1. The van der Waals surface area contributed by atoms with Gasteiger partial charge in [0, 0.05) is 5.56 Å². The lowest BCUT2D eigenvalue weighted by Crippen LogP contribution is -2.31. The molecule has 0 atom stereocenters. The summed E-state index contributed by atoms with van der Waals surface area (Å²) in [5, 5.41) is 6.25. The second-order valence-electron chi connectivity index (χ2n) is 5.31. The van der Waals surface area contributed by atoms with Crippen LogP contribution in [-0.4, -0.2) is 30.8 Å². The molecule has 0 aliphatic rings. The van der Waals surface area contributed by atoms with Gasteiger partial charge in [-0.2, -0.15) is 0 Å². The maximum atomic E-state index is 12.1. The molecule has 1 aromatic heterocycles. The average molecular weight is 353 g/mol. The molecular formula is C19H15NO4S. The van der Waals surface area contributed by atoms with Crippen molar-refractivity contribution >= 4 is 39.8 Å². The van der Waals surface area contributed by atoms with Crippen LogP contribution in [0.25, 0.3) is 10.8 Å². The van der Waals surface area contributed by atoms with Crippen LogP contribution in [0.2, 0.25) is 0 Å². The van der Waals surface area contributed by atoms with E-state index in [-0.39, 0.29) is 24.8 Å². The fraction of sp³-hybridized carbons (Fsp3) is 0.105. The Hall–Kier alpha value is -2.99. The van der Waals surface area contributed by atoms with Gasteiger partial charge in [0.15, 0.2) is 6.61 Å². The molecule has 0 aliphatic heterocycles. The predicted molar refractivity (Wildman–Crippen MR) is 95.9 cm³/mol. The van der Waals surface area contributed by atoms with Gasteiger partial charge >= 0.3 is 5.97 Å². The van der Waals surface area contributed by atoms with Crippen molar-refractivity contribution in [2.24, 2.45) is 0 Å². The number of hydrogen-bond donors (Lipinski definition) is 1. The zero-order valence-electron chi connectivity index (χ0n) is 13.2. The molecule has 0 unspecified atom stereocenters. The van der Waals surface area contributed by atoms with E-state index in [1.807, 2.05) is 30.3 Å². The largest absolute Gasteiger partial charge is 0.456 e. The first kappa shape index (κ1) is 16.9. The maximum absolute atomic E-state index is 12.1. The quantitative estimate of drug-likeness (QED) is 0.546. The summed E-state index contributed by atoms with van der Waals surface area (Å²) in [5.74, 6) is -1.28. The summed E-state index contributed by atoms with van der Waals surface area (Å²) in [6.07, 6.45) is 0. The third kappa shape index (κ3) is 4.30. The molecule has 3 aromatic rings. The molecular weight excluding hydrogens is 338 g/mol. The summed E-state index contributed by atoms with van der Waals surface area (Å²) in [4.78, 5) is 36.1. The van der Waals surface area contributed by atoms with Crippen molar-refractivity contribution in [2.45, 2.75) is 0 Å². The number of rotatable bonds is 6. The van der Waals surface area contributed by atoms with E-state index < -0.39 is 5.97 Å². The highest BCUT2D eigenvalue weighted by molar-refractivity contribution is 7.12. The standard InChI is InChI=1S/C19H15NO4S/c21-16(17-6-3-9-25-17)12-24-18(22)11-20-19(23)15-8-7-13-4-1-2-5-14(13)10-15/h1-10H,11-12H2,(H,20,23). The normalized spacial score (nSPS) is 10.4. The van der Waals surface area contributed by atoms with Crippen molar-refractivity contribution in [3.63, 3.8) is 0 Å². The van der Waals surface area contributed by atoms with E-state index >= 15 is 0 Å². The van der Waals surface area contributed by atoms with E-state index in [0.29, 0.717) is 10.4 Å². The molecule has 1 amide bonds. The fourth-order valence-corrected chi connectivity index (χ4v) is 2.94. The molecule has 126 valence electrons. The predicted octanol–water partition coefficient (Wildman–Crippen LogP) is 3.06. The summed E-state index contributed by atoms with van der Waals surface area (Å²) in [5.41, 5.74) is 0.459. The molecule has 3 rings (SSSR count). The summed E-state index contributed by atoms with van der Waals surface area (Å²) < 4.78 is 4.89. The van der Waals surface area contributed by atoms with Crippen LogP contribution in [0, 0.1) is 0 Å². The van der Waals surface area contributed by atoms with Gasteiger partial charge in [-0.25, -0.2) is 0 Å². The first-order valence-corrected chi connectivity index (χ1v) is 8.51. The van der Waals surface area contributed by atoms with Crippen LogP contribution in [0.3, 0.4) is 0 Å². The Labute approximate surface area is 148 Å². The molecule has 0 aliphatic carbocycles. The maximum Gasteiger partial charge on any atom is 0.325 e. The topological polar surface area (TPSA) is 72.5 Å². The second kappa shape index (κ2) is 7.72. The van der Waals surface area contributed by atoms with E-state index in [1.54, 1.807) is 29.6 Å². The van der Waals surface area contributed by atoms with E-state index in [4.69, 9.17) is 4.74 Å². The first-order valence-electron chi connectivity index (χ1n) is 7.63. The minimum Gasteiger partial charge on any atom is -0.456 e. The molecule has 5 nitrogen and oxygen atoms in total. The number of amides is 1. The van der Waals surface area contributed by atoms with E-state index in [1.165, 1.54) is 11.3 Å². The van der Waals surface area contributed by atoms with Gasteiger partial charge < -0.3 is 10.1 Å². The molecule has 0 radical (unpaired) electrons. The number of hydrogen-bond acceptors (Lipinski definition) is 5. The van der Waals surface area contributed by atoms with Crippen LogP contribution in [0.5, 0.6) is 0 Å². The zero-order valence-corrected chi connectivity index (χ0v) is 14.0. The number of fused-ring (bicyclic) bond motifs is 1. The van der Waals surface area contributed by atoms with E-state index in [2.05, 4.69) is 5.32 Å². The fourth-order valence-electron chi connectivity index (χ4n) is 2.29. The number of carbonyl (C=O) groups excluding carboxylic acids is 3. The van der Waals surface area contributed by atoms with Crippen LogP contribution < -0.4 is 5.32 Å². The van der Waals surface area contributed by atoms with Gasteiger partial charge in [-0.15, -0.1) is 11.3 Å². The molecule has 0 saturated carbocycles. The lowest BCUT2D eigenvalue weighted by Gasteiger charge is -2.07. The Morgan fingerprint density at radius 1 is 0.960 bits per heavy atom. The molecule has 1 N–H and O–H groups in total. The lowest BCUT2D eigenvalue weighted by molar-refractivity contribution is -0.141. The number of benzene rings is 2. The molecule has 0 spiro atoms. The van der Waals surface area contributed by atoms with Gasteiger partial charge in [0.2, 0.25) is 5.78 Å². The van der Waals surface area contributed by atoms with Gasteiger partial charge in [0.1, 0.15) is 6.54 Å². The summed E-state index contributed by atoms with van der Waals surface area (Å²) >= 11 is 1.29.